The van der Waals surface area contributed by atoms with Crippen LogP contribution in [0.15, 0.2) is 6.07 Å². The van der Waals surface area contributed by atoms with Crippen molar-refractivity contribution >= 4 is 0 Å². The zero-order valence-electron chi connectivity index (χ0n) is 10.4. The molecule has 0 radical (unpaired) electrons. The molecule has 90 valence electrons. The summed E-state index contributed by atoms with van der Waals surface area (Å²) < 4.78 is 2.06. The molecular weight excluding hydrogens is 198 g/mol. The van der Waals surface area contributed by atoms with Crippen molar-refractivity contribution < 1.29 is 0 Å². The minimum atomic E-state index is 0.182. The summed E-state index contributed by atoms with van der Waals surface area (Å²) in [5.74, 6) is 0.662. The van der Waals surface area contributed by atoms with E-state index < -0.39 is 0 Å². The van der Waals surface area contributed by atoms with E-state index in [2.05, 4.69) is 22.8 Å². The molecule has 3 nitrogen and oxygen atoms in total. The van der Waals surface area contributed by atoms with Crippen molar-refractivity contribution in [1.82, 2.24) is 9.78 Å². The minimum Gasteiger partial charge on any atom is -0.322 e. The van der Waals surface area contributed by atoms with E-state index in [1.807, 2.05) is 6.92 Å². The van der Waals surface area contributed by atoms with E-state index >= 15 is 0 Å². The average Bonchev–Trinajstić information content (AvgIpc) is 2.70. The lowest BCUT2D eigenvalue weighted by molar-refractivity contribution is 0.298. The molecule has 0 spiro atoms. The molecule has 2 N–H and O–H groups in total. The highest BCUT2D eigenvalue weighted by molar-refractivity contribution is 5.14. The molecule has 0 bridgehead atoms. The van der Waals surface area contributed by atoms with Gasteiger partial charge in [-0.15, -0.1) is 0 Å². The molecule has 0 aromatic carbocycles. The molecule has 2 rings (SSSR count). The maximum Gasteiger partial charge on any atom is 0.0597 e. The number of nitrogens with two attached hydrogens (primary N) is 1. The van der Waals surface area contributed by atoms with Crippen LogP contribution in [-0.2, 0) is 6.54 Å². The number of nitrogens with zero attached hydrogens (tertiary/aromatic N) is 2. The van der Waals surface area contributed by atoms with Gasteiger partial charge >= 0.3 is 0 Å². The van der Waals surface area contributed by atoms with Crippen LogP contribution in [0.2, 0.25) is 0 Å². The summed E-state index contributed by atoms with van der Waals surface area (Å²) in [6.45, 7) is 5.09. The smallest absolute Gasteiger partial charge is 0.0597 e. The molecule has 0 saturated heterocycles. The first-order valence-electron chi connectivity index (χ1n) is 6.52. The molecule has 1 fully saturated rings. The normalized spacial score (nSPS) is 19.9. The summed E-state index contributed by atoms with van der Waals surface area (Å²) in [7, 11) is 0. The first kappa shape index (κ1) is 11.6. The molecule has 16 heavy (non-hydrogen) atoms. The van der Waals surface area contributed by atoms with Crippen molar-refractivity contribution in [3.05, 3.63) is 17.5 Å². The fourth-order valence-corrected chi connectivity index (χ4v) is 2.82. The van der Waals surface area contributed by atoms with Crippen LogP contribution in [0.25, 0.3) is 0 Å². The molecule has 0 aliphatic heterocycles. The maximum atomic E-state index is 6.40. The van der Waals surface area contributed by atoms with Crippen molar-refractivity contribution in [3.8, 4) is 0 Å². The largest absolute Gasteiger partial charge is 0.322 e. The third-order valence-electron chi connectivity index (χ3n) is 3.73. The van der Waals surface area contributed by atoms with Gasteiger partial charge in [-0.3, -0.25) is 4.68 Å². The van der Waals surface area contributed by atoms with Gasteiger partial charge in [-0.05, 0) is 38.7 Å². The zero-order chi connectivity index (χ0) is 11.5. The third-order valence-corrected chi connectivity index (χ3v) is 3.73. The van der Waals surface area contributed by atoms with Crippen LogP contribution < -0.4 is 5.73 Å². The topological polar surface area (TPSA) is 43.8 Å². The lowest BCUT2D eigenvalue weighted by atomic mass is 9.83. The van der Waals surface area contributed by atoms with Crippen LogP contribution >= 0.6 is 0 Å². The van der Waals surface area contributed by atoms with E-state index in [1.54, 1.807) is 0 Å². The Morgan fingerprint density at radius 2 is 2.12 bits per heavy atom. The van der Waals surface area contributed by atoms with Crippen LogP contribution in [-0.4, -0.2) is 9.78 Å². The second kappa shape index (κ2) is 5.00. The van der Waals surface area contributed by atoms with Gasteiger partial charge < -0.3 is 5.73 Å². The highest BCUT2D eigenvalue weighted by Crippen LogP contribution is 2.33. The van der Waals surface area contributed by atoms with E-state index in [-0.39, 0.29) is 6.04 Å². The summed E-state index contributed by atoms with van der Waals surface area (Å²) >= 11 is 0. The predicted molar refractivity (Wildman–Crippen MR) is 66.1 cm³/mol. The van der Waals surface area contributed by atoms with Crippen molar-refractivity contribution in [2.45, 2.75) is 58.5 Å². The number of rotatable bonds is 3. The number of hydrogen-bond acceptors (Lipinski definition) is 2. The van der Waals surface area contributed by atoms with Gasteiger partial charge in [-0.2, -0.15) is 5.10 Å². The van der Waals surface area contributed by atoms with E-state index in [1.165, 1.54) is 37.8 Å². The van der Waals surface area contributed by atoms with Gasteiger partial charge in [0, 0.05) is 12.6 Å². The first-order valence-corrected chi connectivity index (χ1v) is 6.52. The number of aromatic nitrogens is 2. The van der Waals surface area contributed by atoms with Gasteiger partial charge in [0.05, 0.1) is 11.4 Å². The summed E-state index contributed by atoms with van der Waals surface area (Å²) in [5.41, 5.74) is 8.71. The lowest BCUT2D eigenvalue weighted by Crippen LogP contribution is -2.26. The zero-order valence-corrected chi connectivity index (χ0v) is 10.4. The van der Waals surface area contributed by atoms with Gasteiger partial charge in [0.1, 0.15) is 0 Å². The second-order valence-electron chi connectivity index (χ2n) is 4.95. The summed E-state index contributed by atoms with van der Waals surface area (Å²) in [5, 5.41) is 4.48. The standard InChI is InChI=1S/C13H23N3/c1-3-16-12(9-10(2)15-16)13(14)11-7-5-4-6-8-11/h9,11,13H,3-8,14H2,1-2H3. The summed E-state index contributed by atoms with van der Waals surface area (Å²) in [4.78, 5) is 0. The molecule has 1 heterocycles. The minimum absolute atomic E-state index is 0.182. The quantitative estimate of drug-likeness (QED) is 0.853. The van der Waals surface area contributed by atoms with Gasteiger partial charge in [-0.1, -0.05) is 19.3 Å². The molecule has 1 aliphatic rings. The van der Waals surface area contributed by atoms with Gasteiger partial charge in [-0.25, -0.2) is 0 Å². The van der Waals surface area contributed by atoms with Crippen LogP contribution in [0, 0.1) is 12.8 Å². The Hall–Kier alpha value is -0.830. The van der Waals surface area contributed by atoms with Crippen molar-refractivity contribution in [3.63, 3.8) is 0 Å². The third kappa shape index (κ3) is 2.29. The molecule has 1 aromatic rings. The molecule has 1 unspecified atom stereocenters. The van der Waals surface area contributed by atoms with Crippen LogP contribution in [0.5, 0.6) is 0 Å². The predicted octanol–water partition coefficient (Wildman–Crippen LogP) is 2.79. The fourth-order valence-electron chi connectivity index (χ4n) is 2.82. The highest BCUT2D eigenvalue weighted by atomic mass is 15.3. The van der Waals surface area contributed by atoms with Crippen molar-refractivity contribution in [1.29, 1.82) is 0 Å². The van der Waals surface area contributed by atoms with E-state index in [9.17, 15) is 0 Å². The Balaban J connectivity index is 2.14. The molecule has 1 aliphatic carbocycles. The number of hydrogen-bond donors (Lipinski definition) is 1. The van der Waals surface area contributed by atoms with E-state index in [0.717, 1.165) is 12.2 Å². The first-order chi connectivity index (χ1) is 7.72. The SMILES string of the molecule is CCn1nc(C)cc1C(N)C1CCCCC1. The average molecular weight is 221 g/mol. The molecule has 3 heteroatoms. The van der Waals surface area contributed by atoms with Gasteiger partial charge in [0.25, 0.3) is 0 Å². The number of aryl methyl sites for hydroxylation is 2. The van der Waals surface area contributed by atoms with Crippen LogP contribution in [0.4, 0.5) is 0 Å². The monoisotopic (exact) mass is 221 g/mol. The molecule has 1 atom stereocenters. The molecule has 1 saturated carbocycles. The van der Waals surface area contributed by atoms with Crippen molar-refractivity contribution in [2.75, 3.05) is 0 Å². The fraction of sp³-hybridized carbons (Fsp3) is 0.769. The van der Waals surface area contributed by atoms with Crippen LogP contribution in [0.3, 0.4) is 0 Å². The Kier molecular flexibility index (Phi) is 3.64. The highest BCUT2D eigenvalue weighted by Gasteiger charge is 2.24. The van der Waals surface area contributed by atoms with Gasteiger partial charge in [0.2, 0.25) is 0 Å². The van der Waals surface area contributed by atoms with Crippen LogP contribution in [0.1, 0.15) is 56.5 Å². The molecule has 0 amide bonds. The summed E-state index contributed by atoms with van der Waals surface area (Å²) in [6.07, 6.45) is 6.65. The Morgan fingerprint density at radius 1 is 1.44 bits per heavy atom. The Labute approximate surface area is 98.0 Å². The second-order valence-corrected chi connectivity index (χ2v) is 4.95. The maximum absolute atomic E-state index is 6.40. The Morgan fingerprint density at radius 3 is 2.75 bits per heavy atom. The lowest BCUT2D eigenvalue weighted by Gasteiger charge is -2.27. The molecular formula is C13H23N3. The van der Waals surface area contributed by atoms with E-state index in [4.69, 9.17) is 5.73 Å². The Bertz CT molecular complexity index is 337. The summed E-state index contributed by atoms with van der Waals surface area (Å²) in [6, 6.07) is 2.34. The van der Waals surface area contributed by atoms with E-state index in [0.29, 0.717) is 5.92 Å². The van der Waals surface area contributed by atoms with Gasteiger partial charge in [0.15, 0.2) is 0 Å². The van der Waals surface area contributed by atoms with Crippen molar-refractivity contribution in [2.24, 2.45) is 11.7 Å². The molecule has 1 aromatic heterocycles.